The van der Waals surface area contributed by atoms with Crippen LogP contribution in [0.15, 0.2) is 42.6 Å². The Bertz CT molecular complexity index is 537. The van der Waals surface area contributed by atoms with Gasteiger partial charge in [-0.3, -0.25) is 4.79 Å². The van der Waals surface area contributed by atoms with Crippen LogP contribution in [0.2, 0.25) is 0 Å². The van der Waals surface area contributed by atoms with Gasteiger partial charge in [-0.2, -0.15) is 5.10 Å². The summed E-state index contributed by atoms with van der Waals surface area (Å²) in [6, 6.07) is 10.9. The minimum absolute atomic E-state index is 0.338. The fraction of sp³-hybridized carbons (Fsp3) is 0.286. The van der Waals surface area contributed by atoms with Gasteiger partial charge in [0.2, 0.25) is 0 Å². The number of para-hydroxylation sites is 1. The van der Waals surface area contributed by atoms with E-state index in [4.69, 9.17) is 10.5 Å². The molecule has 0 saturated heterocycles. The Hall–Kier alpha value is -2.14. The lowest BCUT2D eigenvalue weighted by atomic mass is 10.2. The third kappa shape index (κ3) is 3.42. The van der Waals surface area contributed by atoms with Gasteiger partial charge in [-0.1, -0.05) is 18.2 Å². The van der Waals surface area contributed by atoms with Gasteiger partial charge in [0.15, 0.2) is 0 Å². The minimum Gasteiger partial charge on any atom is -0.465 e. The summed E-state index contributed by atoms with van der Waals surface area (Å²) in [5.41, 5.74) is 7.50. The highest BCUT2D eigenvalue weighted by Crippen LogP contribution is 2.08. The molecule has 1 atom stereocenters. The van der Waals surface area contributed by atoms with Gasteiger partial charge < -0.3 is 10.5 Å². The van der Waals surface area contributed by atoms with Gasteiger partial charge >= 0.3 is 5.97 Å². The molecule has 2 N–H and O–H groups in total. The van der Waals surface area contributed by atoms with Crippen molar-refractivity contribution >= 4 is 5.97 Å². The molecule has 0 radical (unpaired) electrons. The average molecular weight is 259 g/mol. The maximum absolute atomic E-state index is 11.4. The number of nitrogens with two attached hydrogens (primary N) is 1. The number of nitrogens with zero attached hydrogens (tertiary/aromatic N) is 2. The number of carbonyl (C=O) groups is 1. The molecule has 2 rings (SSSR count). The molecular weight excluding hydrogens is 242 g/mol. The SMILES string of the molecule is CCOC(=O)C(N)Cc1ccn(-c2ccccc2)n1. The molecule has 0 saturated carbocycles. The average Bonchev–Trinajstić information content (AvgIpc) is 2.88. The summed E-state index contributed by atoms with van der Waals surface area (Å²) < 4.78 is 6.63. The highest BCUT2D eigenvalue weighted by atomic mass is 16.5. The maximum atomic E-state index is 11.4. The topological polar surface area (TPSA) is 70.1 Å². The minimum atomic E-state index is -0.668. The van der Waals surface area contributed by atoms with Crippen LogP contribution >= 0.6 is 0 Å². The van der Waals surface area contributed by atoms with Gasteiger partial charge in [0, 0.05) is 12.6 Å². The Labute approximate surface area is 112 Å². The lowest BCUT2D eigenvalue weighted by Crippen LogP contribution is -2.34. The molecule has 1 aromatic heterocycles. The number of aromatic nitrogens is 2. The van der Waals surface area contributed by atoms with Gasteiger partial charge in [0.25, 0.3) is 0 Å². The van der Waals surface area contributed by atoms with Crippen LogP contribution in [0, 0.1) is 0 Å². The highest BCUT2D eigenvalue weighted by molar-refractivity contribution is 5.75. The molecule has 1 aromatic carbocycles. The van der Waals surface area contributed by atoms with Crippen molar-refractivity contribution in [3.8, 4) is 5.69 Å². The van der Waals surface area contributed by atoms with Crippen molar-refractivity contribution in [3.63, 3.8) is 0 Å². The standard InChI is InChI=1S/C14H17N3O2/c1-2-19-14(18)13(15)10-11-8-9-17(16-11)12-6-4-3-5-7-12/h3-9,13H,2,10,15H2,1H3. The molecule has 2 aromatic rings. The molecular formula is C14H17N3O2. The molecule has 0 aliphatic heterocycles. The van der Waals surface area contributed by atoms with Crippen LogP contribution in [0.4, 0.5) is 0 Å². The molecule has 0 amide bonds. The van der Waals surface area contributed by atoms with E-state index >= 15 is 0 Å². The van der Waals surface area contributed by atoms with Gasteiger partial charge in [-0.25, -0.2) is 4.68 Å². The lowest BCUT2D eigenvalue weighted by Gasteiger charge is -2.08. The molecule has 19 heavy (non-hydrogen) atoms. The van der Waals surface area contributed by atoms with E-state index < -0.39 is 12.0 Å². The first-order valence-corrected chi connectivity index (χ1v) is 6.23. The monoisotopic (exact) mass is 259 g/mol. The van der Waals surface area contributed by atoms with E-state index in [0.29, 0.717) is 13.0 Å². The number of carbonyl (C=O) groups excluding carboxylic acids is 1. The van der Waals surface area contributed by atoms with E-state index in [0.717, 1.165) is 11.4 Å². The molecule has 1 heterocycles. The van der Waals surface area contributed by atoms with Crippen molar-refractivity contribution in [1.82, 2.24) is 9.78 Å². The third-order valence-corrected chi connectivity index (χ3v) is 2.68. The maximum Gasteiger partial charge on any atom is 0.323 e. The zero-order valence-electron chi connectivity index (χ0n) is 10.8. The Morgan fingerprint density at radius 2 is 2.11 bits per heavy atom. The smallest absolute Gasteiger partial charge is 0.323 e. The zero-order valence-corrected chi connectivity index (χ0v) is 10.8. The first kappa shape index (κ1) is 13.3. The number of hydrogen-bond donors (Lipinski definition) is 1. The second kappa shape index (κ2) is 6.15. The summed E-state index contributed by atoms with van der Waals surface area (Å²) in [7, 11) is 0. The Kier molecular flexibility index (Phi) is 4.30. The van der Waals surface area contributed by atoms with Crippen molar-refractivity contribution in [1.29, 1.82) is 0 Å². The van der Waals surface area contributed by atoms with Gasteiger partial charge in [0.1, 0.15) is 6.04 Å². The van der Waals surface area contributed by atoms with Gasteiger partial charge in [-0.05, 0) is 25.1 Å². The molecule has 0 fully saturated rings. The first-order valence-electron chi connectivity index (χ1n) is 6.23. The van der Waals surface area contributed by atoms with Crippen molar-refractivity contribution in [2.24, 2.45) is 5.73 Å². The molecule has 0 spiro atoms. The number of hydrogen-bond acceptors (Lipinski definition) is 4. The molecule has 100 valence electrons. The fourth-order valence-corrected chi connectivity index (χ4v) is 1.75. The summed E-state index contributed by atoms with van der Waals surface area (Å²) in [4.78, 5) is 11.4. The van der Waals surface area contributed by atoms with E-state index in [1.54, 1.807) is 11.6 Å². The Balaban J connectivity index is 2.04. The molecule has 0 bridgehead atoms. The van der Waals surface area contributed by atoms with Crippen LogP contribution in [0.1, 0.15) is 12.6 Å². The molecule has 5 heteroatoms. The van der Waals surface area contributed by atoms with Crippen molar-refractivity contribution < 1.29 is 9.53 Å². The fourth-order valence-electron chi connectivity index (χ4n) is 1.75. The Morgan fingerprint density at radius 3 is 2.79 bits per heavy atom. The number of esters is 1. The predicted molar refractivity (Wildman–Crippen MR) is 71.9 cm³/mol. The summed E-state index contributed by atoms with van der Waals surface area (Å²) in [6.07, 6.45) is 2.22. The summed E-state index contributed by atoms with van der Waals surface area (Å²) in [5.74, 6) is -0.392. The van der Waals surface area contributed by atoms with E-state index in [2.05, 4.69) is 5.10 Å². The number of benzene rings is 1. The quantitative estimate of drug-likeness (QED) is 0.822. The Morgan fingerprint density at radius 1 is 1.37 bits per heavy atom. The van der Waals surface area contributed by atoms with Crippen LogP contribution in [0.3, 0.4) is 0 Å². The third-order valence-electron chi connectivity index (χ3n) is 2.68. The largest absolute Gasteiger partial charge is 0.465 e. The van der Waals surface area contributed by atoms with Crippen LogP contribution < -0.4 is 5.73 Å². The molecule has 0 aliphatic carbocycles. The van der Waals surface area contributed by atoms with Crippen LogP contribution in [-0.4, -0.2) is 28.4 Å². The molecule has 1 unspecified atom stereocenters. The second-order valence-corrected chi connectivity index (χ2v) is 4.15. The second-order valence-electron chi connectivity index (χ2n) is 4.15. The zero-order chi connectivity index (χ0) is 13.7. The molecule has 5 nitrogen and oxygen atoms in total. The van der Waals surface area contributed by atoms with E-state index in [9.17, 15) is 4.79 Å². The van der Waals surface area contributed by atoms with Crippen molar-refractivity contribution in [2.45, 2.75) is 19.4 Å². The summed E-state index contributed by atoms with van der Waals surface area (Å²) in [6.45, 7) is 2.10. The summed E-state index contributed by atoms with van der Waals surface area (Å²) in [5, 5.41) is 4.39. The number of ether oxygens (including phenoxy) is 1. The molecule has 0 aliphatic rings. The van der Waals surface area contributed by atoms with Gasteiger partial charge in [0.05, 0.1) is 18.0 Å². The van der Waals surface area contributed by atoms with Gasteiger partial charge in [-0.15, -0.1) is 0 Å². The van der Waals surface area contributed by atoms with Crippen LogP contribution in [-0.2, 0) is 16.0 Å². The van der Waals surface area contributed by atoms with Crippen LogP contribution in [0.5, 0.6) is 0 Å². The highest BCUT2D eigenvalue weighted by Gasteiger charge is 2.16. The summed E-state index contributed by atoms with van der Waals surface area (Å²) >= 11 is 0. The van der Waals surface area contributed by atoms with Crippen molar-refractivity contribution in [2.75, 3.05) is 6.61 Å². The normalized spacial score (nSPS) is 12.1. The number of rotatable bonds is 5. The van der Waals surface area contributed by atoms with Crippen LogP contribution in [0.25, 0.3) is 5.69 Å². The van der Waals surface area contributed by atoms with E-state index in [1.807, 2.05) is 42.6 Å². The lowest BCUT2D eigenvalue weighted by molar-refractivity contribution is -0.144. The van der Waals surface area contributed by atoms with Crippen molar-refractivity contribution in [3.05, 3.63) is 48.3 Å². The van der Waals surface area contributed by atoms with E-state index in [1.165, 1.54) is 0 Å². The van der Waals surface area contributed by atoms with E-state index in [-0.39, 0.29) is 0 Å². The first-order chi connectivity index (χ1) is 9.20. The predicted octanol–water partition coefficient (Wildman–Crippen LogP) is 1.31.